The molecular formula is C14H17O. The van der Waals surface area contributed by atoms with Crippen molar-refractivity contribution in [3.8, 4) is 0 Å². The lowest BCUT2D eigenvalue weighted by atomic mass is 10.1. The van der Waals surface area contributed by atoms with E-state index in [1.807, 2.05) is 18.4 Å². The van der Waals surface area contributed by atoms with Gasteiger partial charge in [0.05, 0.1) is 0 Å². The first-order valence-corrected chi connectivity index (χ1v) is 5.47. The molecule has 0 heterocycles. The fourth-order valence-corrected chi connectivity index (χ4v) is 1.42. The maximum absolute atomic E-state index is 9.99. The van der Waals surface area contributed by atoms with Crippen molar-refractivity contribution in [1.29, 1.82) is 0 Å². The Morgan fingerprint density at radius 3 is 2.60 bits per heavy atom. The minimum absolute atomic E-state index is 0.373. The highest BCUT2D eigenvalue weighted by Gasteiger charge is 1.91. The van der Waals surface area contributed by atoms with E-state index in [9.17, 15) is 4.79 Å². The van der Waals surface area contributed by atoms with Gasteiger partial charge in [0.25, 0.3) is 0 Å². The van der Waals surface area contributed by atoms with Crippen molar-refractivity contribution in [3.05, 3.63) is 41.5 Å². The van der Waals surface area contributed by atoms with Gasteiger partial charge in [-0.3, -0.25) is 4.79 Å². The third-order valence-electron chi connectivity index (χ3n) is 2.31. The van der Waals surface area contributed by atoms with Crippen LogP contribution < -0.4 is 0 Å². The predicted molar refractivity (Wildman–Crippen MR) is 64.4 cm³/mol. The van der Waals surface area contributed by atoms with E-state index in [4.69, 9.17) is 0 Å². The summed E-state index contributed by atoms with van der Waals surface area (Å²) >= 11 is 0. The highest BCUT2D eigenvalue weighted by Crippen LogP contribution is 2.09. The van der Waals surface area contributed by atoms with Crippen molar-refractivity contribution in [2.75, 3.05) is 0 Å². The minimum Gasteiger partial charge on any atom is -0.291 e. The molecule has 0 saturated heterocycles. The molecule has 0 bridgehead atoms. The van der Waals surface area contributed by atoms with Gasteiger partial charge in [-0.25, -0.2) is 0 Å². The summed E-state index contributed by atoms with van der Waals surface area (Å²) in [7, 11) is 0. The molecule has 0 atom stereocenters. The molecule has 0 N–H and O–H groups in total. The van der Waals surface area contributed by atoms with Crippen LogP contribution in [0.2, 0.25) is 0 Å². The summed E-state index contributed by atoms with van der Waals surface area (Å²) < 4.78 is 0. The third-order valence-corrected chi connectivity index (χ3v) is 2.31. The van der Waals surface area contributed by atoms with E-state index in [0.717, 1.165) is 12.0 Å². The summed E-state index contributed by atoms with van der Waals surface area (Å²) in [5.74, 6) is 0. The van der Waals surface area contributed by atoms with Crippen LogP contribution in [-0.4, -0.2) is 6.29 Å². The van der Waals surface area contributed by atoms with Crippen molar-refractivity contribution in [2.45, 2.75) is 32.6 Å². The Morgan fingerprint density at radius 1 is 1.27 bits per heavy atom. The van der Waals surface area contributed by atoms with Crippen LogP contribution in [-0.2, 0) is 11.2 Å². The highest BCUT2D eigenvalue weighted by molar-refractivity contribution is 5.58. The second-order valence-electron chi connectivity index (χ2n) is 3.60. The molecule has 0 fully saturated rings. The standard InChI is InChI=1S/C14H17O/c1-2-3-6-13-8-10-14(11-9-13)7-4-5-12-15/h4,7-11H,2-3,5-6H2,1H3/b7-4+. The molecule has 0 amide bonds. The molecule has 0 saturated carbocycles. The molecule has 0 aliphatic heterocycles. The number of benzene rings is 1. The summed E-state index contributed by atoms with van der Waals surface area (Å²) in [5, 5.41) is 0. The average molecular weight is 201 g/mol. The quantitative estimate of drug-likeness (QED) is 0.688. The molecule has 0 aliphatic carbocycles. The Balaban J connectivity index is 2.52. The highest BCUT2D eigenvalue weighted by atomic mass is 16.1. The van der Waals surface area contributed by atoms with E-state index < -0.39 is 0 Å². The van der Waals surface area contributed by atoms with Crippen LogP contribution in [0.3, 0.4) is 0 Å². The molecule has 0 aromatic heterocycles. The molecular weight excluding hydrogens is 184 g/mol. The first kappa shape index (κ1) is 11.7. The fraction of sp³-hybridized carbons (Fsp3) is 0.357. The second-order valence-corrected chi connectivity index (χ2v) is 3.60. The van der Waals surface area contributed by atoms with Gasteiger partial charge >= 0.3 is 0 Å². The van der Waals surface area contributed by atoms with Crippen LogP contribution in [0.4, 0.5) is 0 Å². The summed E-state index contributed by atoms with van der Waals surface area (Å²) in [5.41, 5.74) is 2.53. The first-order chi connectivity index (χ1) is 7.36. The van der Waals surface area contributed by atoms with Crippen LogP contribution in [0.25, 0.3) is 6.08 Å². The van der Waals surface area contributed by atoms with Crippen molar-refractivity contribution in [3.63, 3.8) is 0 Å². The van der Waals surface area contributed by atoms with Crippen LogP contribution in [0.1, 0.15) is 37.3 Å². The summed E-state index contributed by atoms with van der Waals surface area (Å²) in [4.78, 5) is 9.99. The largest absolute Gasteiger partial charge is 0.291 e. The number of hydrogen-bond donors (Lipinski definition) is 0. The van der Waals surface area contributed by atoms with Crippen LogP contribution in [0.5, 0.6) is 0 Å². The molecule has 79 valence electrons. The van der Waals surface area contributed by atoms with Crippen molar-refractivity contribution in [1.82, 2.24) is 0 Å². The van der Waals surface area contributed by atoms with Gasteiger partial charge in [0.2, 0.25) is 6.29 Å². The lowest BCUT2D eigenvalue weighted by molar-refractivity contribution is 0.556. The van der Waals surface area contributed by atoms with E-state index in [-0.39, 0.29) is 0 Å². The Labute approximate surface area is 91.8 Å². The maximum atomic E-state index is 9.99. The summed E-state index contributed by atoms with van der Waals surface area (Å²) in [6.07, 6.45) is 9.63. The monoisotopic (exact) mass is 201 g/mol. The minimum atomic E-state index is 0.373. The summed E-state index contributed by atoms with van der Waals surface area (Å²) in [6.45, 7) is 2.20. The van der Waals surface area contributed by atoms with Gasteiger partial charge in [-0.2, -0.15) is 0 Å². The van der Waals surface area contributed by atoms with Crippen molar-refractivity contribution < 1.29 is 4.79 Å². The lowest BCUT2D eigenvalue weighted by Crippen LogP contribution is -1.84. The zero-order valence-corrected chi connectivity index (χ0v) is 9.20. The SMILES string of the molecule is CCCCc1ccc(/C=C/C[C]=O)cc1. The number of unbranched alkanes of at least 4 members (excludes halogenated alkanes) is 1. The first-order valence-electron chi connectivity index (χ1n) is 5.47. The molecule has 0 unspecified atom stereocenters. The maximum Gasteiger partial charge on any atom is 0.202 e. The number of rotatable bonds is 6. The Morgan fingerprint density at radius 2 is 2.00 bits per heavy atom. The zero-order valence-electron chi connectivity index (χ0n) is 9.20. The van der Waals surface area contributed by atoms with Gasteiger partial charge < -0.3 is 0 Å². The number of hydrogen-bond acceptors (Lipinski definition) is 1. The van der Waals surface area contributed by atoms with Gasteiger partial charge in [0, 0.05) is 6.42 Å². The molecule has 1 aromatic rings. The van der Waals surface area contributed by atoms with Gasteiger partial charge in [-0.05, 0) is 24.0 Å². The lowest BCUT2D eigenvalue weighted by Gasteiger charge is -2.00. The van der Waals surface area contributed by atoms with E-state index in [1.54, 1.807) is 0 Å². The molecule has 1 heteroatoms. The number of aryl methyl sites for hydroxylation is 1. The molecule has 0 spiro atoms. The smallest absolute Gasteiger partial charge is 0.202 e. The number of carbonyl (C=O) groups excluding carboxylic acids is 1. The van der Waals surface area contributed by atoms with E-state index in [0.29, 0.717) is 6.42 Å². The zero-order chi connectivity index (χ0) is 10.9. The molecule has 1 nitrogen and oxygen atoms in total. The van der Waals surface area contributed by atoms with Crippen LogP contribution >= 0.6 is 0 Å². The molecule has 15 heavy (non-hydrogen) atoms. The Bertz CT molecular complexity index is 309. The summed E-state index contributed by atoms with van der Waals surface area (Å²) in [6, 6.07) is 8.48. The normalized spacial score (nSPS) is 10.7. The topological polar surface area (TPSA) is 17.1 Å². The van der Waals surface area contributed by atoms with E-state index >= 15 is 0 Å². The molecule has 1 aromatic carbocycles. The van der Waals surface area contributed by atoms with Gasteiger partial charge in [0.1, 0.15) is 0 Å². The molecule has 1 rings (SSSR count). The average Bonchev–Trinajstić information content (AvgIpc) is 2.28. The Kier molecular flexibility index (Phi) is 5.46. The van der Waals surface area contributed by atoms with E-state index in [2.05, 4.69) is 31.2 Å². The predicted octanol–water partition coefficient (Wildman–Crippen LogP) is 3.54. The van der Waals surface area contributed by atoms with Gasteiger partial charge in [-0.1, -0.05) is 49.8 Å². The van der Waals surface area contributed by atoms with Crippen molar-refractivity contribution in [2.24, 2.45) is 0 Å². The third kappa shape index (κ3) is 4.59. The second kappa shape index (κ2) is 6.99. The van der Waals surface area contributed by atoms with Gasteiger partial charge in [0.15, 0.2) is 0 Å². The van der Waals surface area contributed by atoms with Gasteiger partial charge in [-0.15, -0.1) is 0 Å². The van der Waals surface area contributed by atoms with E-state index in [1.165, 1.54) is 18.4 Å². The molecule has 1 radical (unpaired) electrons. The Hall–Kier alpha value is -1.37. The van der Waals surface area contributed by atoms with Crippen molar-refractivity contribution >= 4 is 12.4 Å². The number of allylic oxidation sites excluding steroid dienone is 1. The van der Waals surface area contributed by atoms with Crippen LogP contribution in [0, 0.1) is 0 Å². The van der Waals surface area contributed by atoms with Crippen LogP contribution in [0.15, 0.2) is 30.3 Å². The fourth-order valence-electron chi connectivity index (χ4n) is 1.42. The molecule has 0 aliphatic rings.